The molecular formula is C26H30N2O8S2. The van der Waals surface area contributed by atoms with Crippen LogP contribution in [0.4, 0.5) is 0 Å². The number of aliphatic hydroxyl groups is 2. The Balaban J connectivity index is 0.000000380. The number of allylic oxidation sites excluding steroid dienone is 2. The first-order valence-electron chi connectivity index (χ1n) is 11.3. The lowest BCUT2D eigenvalue weighted by atomic mass is 10.2. The largest absolute Gasteiger partial charge is 0.511 e. The highest BCUT2D eigenvalue weighted by Crippen LogP contribution is 2.11. The molecule has 0 saturated carbocycles. The van der Waals surface area contributed by atoms with Crippen molar-refractivity contribution >= 4 is 58.6 Å². The molecule has 0 spiro atoms. The average Bonchev–Trinajstić information content (AvgIpc) is 3.54. The smallest absolute Gasteiger partial charge is 0.347 e. The van der Waals surface area contributed by atoms with Gasteiger partial charge in [0.25, 0.3) is 11.8 Å². The van der Waals surface area contributed by atoms with E-state index in [1.807, 2.05) is 35.0 Å². The van der Waals surface area contributed by atoms with Crippen LogP contribution in [-0.4, -0.2) is 47.2 Å². The zero-order chi connectivity index (χ0) is 28.5. The molecule has 2 rings (SSSR count). The number of nitrogens with one attached hydrogen (secondary N) is 2. The van der Waals surface area contributed by atoms with Crippen LogP contribution in [-0.2, 0) is 28.7 Å². The Bertz CT molecular complexity index is 1090. The summed E-state index contributed by atoms with van der Waals surface area (Å²) in [4.78, 5) is 48.4. The fourth-order valence-corrected chi connectivity index (χ4v) is 3.77. The monoisotopic (exact) mass is 562 g/mol. The molecular weight excluding hydrogens is 532 g/mol. The third kappa shape index (κ3) is 11.3. The average molecular weight is 563 g/mol. The maximum Gasteiger partial charge on any atom is 0.347 e. The van der Waals surface area contributed by atoms with E-state index < -0.39 is 34.9 Å². The molecule has 0 aliphatic carbocycles. The van der Waals surface area contributed by atoms with Gasteiger partial charge in [-0.1, -0.05) is 12.1 Å². The summed E-state index contributed by atoms with van der Waals surface area (Å²) in [5.74, 6) is -3.84. The van der Waals surface area contributed by atoms with Crippen LogP contribution < -0.4 is 10.6 Å². The van der Waals surface area contributed by atoms with Crippen LogP contribution in [0.3, 0.4) is 0 Å². The molecule has 2 aromatic heterocycles. The summed E-state index contributed by atoms with van der Waals surface area (Å²) in [6, 6.07) is 7.53. The van der Waals surface area contributed by atoms with Crippen molar-refractivity contribution in [1.29, 1.82) is 0 Å². The number of carbonyl (C=O) groups is 4. The van der Waals surface area contributed by atoms with Gasteiger partial charge in [0.05, 0.1) is 13.2 Å². The second kappa shape index (κ2) is 17.3. The van der Waals surface area contributed by atoms with E-state index in [4.69, 9.17) is 9.47 Å². The number of thiophene rings is 2. The van der Waals surface area contributed by atoms with Gasteiger partial charge in [-0.25, -0.2) is 9.59 Å². The van der Waals surface area contributed by atoms with E-state index in [2.05, 4.69) is 10.6 Å². The Labute approximate surface area is 228 Å². The maximum absolute atomic E-state index is 11.8. The minimum atomic E-state index is -0.843. The van der Waals surface area contributed by atoms with Gasteiger partial charge in [0.2, 0.25) is 0 Å². The number of hydrogen-bond donors (Lipinski definition) is 4. The van der Waals surface area contributed by atoms with Gasteiger partial charge in [-0.2, -0.15) is 0 Å². The number of hydrogen-bond acceptors (Lipinski definition) is 10. The van der Waals surface area contributed by atoms with Gasteiger partial charge in [0.15, 0.2) is 11.1 Å². The molecule has 0 aliphatic rings. The van der Waals surface area contributed by atoms with Gasteiger partial charge in [-0.3, -0.25) is 9.59 Å². The number of amides is 2. The quantitative estimate of drug-likeness (QED) is 0.109. The lowest BCUT2D eigenvalue weighted by Gasteiger charge is -2.06. The third-order valence-electron chi connectivity index (χ3n) is 4.15. The minimum absolute atomic E-state index is 0.133. The van der Waals surface area contributed by atoms with E-state index in [-0.39, 0.29) is 24.7 Å². The first-order valence-corrected chi connectivity index (χ1v) is 13.0. The van der Waals surface area contributed by atoms with Crippen LogP contribution in [0.25, 0.3) is 12.2 Å². The number of carbonyl (C=O) groups excluding carboxylic acids is 4. The molecule has 0 aliphatic heterocycles. The summed E-state index contributed by atoms with van der Waals surface area (Å²) in [6.07, 6.45) is 6.21. The van der Waals surface area contributed by atoms with Gasteiger partial charge >= 0.3 is 11.9 Å². The summed E-state index contributed by atoms with van der Waals surface area (Å²) >= 11 is 3.03. The van der Waals surface area contributed by atoms with E-state index in [1.54, 1.807) is 26.0 Å². The first kappa shape index (κ1) is 31.9. The molecule has 204 valence electrons. The van der Waals surface area contributed by atoms with E-state index in [0.29, 0.717) is 0 Å². The van der Waals surface area contributed by atoms with E-state index in [9.17, 15) is 29.4 Å². The second-order valence-electron chi connectivity index (χ2n) is 7.01. The molecule has 2 heterocycles. The number of ether oxygens (including phenoxy) is 2. The van der Waals surface area contributed by atoms with Gasteiger partial charge in [0, 0.05) is 22.2 Å². The predicted octanol–water partition coefficient (Wildman–Crippen LogP) is 4.46. The zero-order valence-electron chi connectivity index (χ0n) is 21.3. The molecule has 10 nitrogen and oxygen atoms in total. The topological polar surface area (TPSA) is 151 Å². The number of esters is 2. The highest BCUT2D eigenvalue weighted by atomic mass is 32.1. The summed E-state index contributed by atoms with van der Waals surface area (Å²) in [7, 11) is 0. The summed E-state index contributed by atoms with van der Waals surface area (Å²) in [5.41, 5.74) is -0.782. The van der Waals surface area contributed by atoms with Gasteiger partial charge in [-0.05, 0) is 62.7 Å². The second-order valence-corrected chi connectivity index (χ2v) is 8.96. The third-order valence-corrected chi connectivity index (χ3v) is 5.82. The van der Waals surface area contributed by atoms with Gasteiger partial charge < -0.3 is 30.3 Å². The molecule has 0 saturated heterocycles. The SMILES string of the molecule is CCOC(=O)/C(C(=O)N/C=C/c1cccs1)=C(\C)O.CCOC(=O)/C(C(=O)N/C=C/c1cccs1)=C(\C)O. The van der Waals surface area contributed by atoms with Crippen molar-refractivity contribution in [2.24, 2.45) is 0 Å². The highest BCUT2D eigenvalue weighted by molar-refractivity contribution is 7.11. The Morgan fingerprint density at radius 2 is 1.13 bits per heavy atom. The van der Waals surface area contributed by atoms with E-state index in [0.717, 1.165) is 9.75 Å². The Morgan fingerprint density at radius 3 is 1.39 bits per heavy atom. The van der Waals surface area contributed by atoms with Crippen molar-refractivity contribution in [2.45, 2.75) is 27.7 Å². The summed E-state index contributed by atoms with van der Waals surface area (Å²) in [5, 5.41) is 27.4. The summed E-state index contributed by atoms with van der Waals surface area (Å²) in [6.45, 7) is 6.03. The lowest BCUT2D eigenvalue weighted by Crippen LogP contribution is -2.26. The Morgan fingerprint density at radius 1 is 0.763 bits per heavy atom. The fourth-order valence-electron chi connectivity index (χ4n) is 2.53. The van der Waals surface area contributed by atoms with Crippen molar-refractivity contribution in [3.05, 3.63) is 79.8 Å². The van der Waals surface area contributed by atoms with Crippen molar-refractivity contribution in [3.8, 4) is 0 Å². The molecule has 2 amide bonds. The van der Waals surface area contributed by atoms with Crippen LogP contribution in [0.1, 0.15) is 37.4 Å². The molecule has 12 heteroatoms. The normalized spacial score (nSPS) is 12.1. The van der Waals surface area contributed by atoms with Crippen LogP contribution in [0, 0.1) is 0 Å². The molecule has 0 fully saturated rings. The van der Waals surface area contributed by atoms with Crippen LogP contribution in [0.15, 0.2) is 70.1 Å². The molecule has 0 aromatic carbocycles. The van der Waals surface area contributed by atoms with Crippen LogP contribution >= 0.6 is 22.7 Å². The minimum Gasteiger partial charge on any atom is -0.511 e. The Hall–Kier alpha value is -4.16. The van der Waals surface area contributed by atoms with Gasteiger partial charge in [-0.15, -0.1) is 22.7 Å². The molecule has 4 N–H and O–H groups in total. The fraction of sp³-hybridized carbons (Fsp3) is 0.231. The molecule has 0 atom stereocenters. The number of aliphatic hydroxyl groups excluding tert-OH is 2. The first-order chi connectivity index (χ1) is 18.1. The van der Waals surface area contributed by atoms with E-state index >= 15 is 0 Å². The van der Waals surface area contributed by atoms with Crippen molar-refractivity contribution in [3.63, 3.8) is 0 Å². The molecule has 0 bridgehead atoms. The zero-order valence-corrected chi connectivity index (χ0v) is 23.0. The lowest BCUT2D eigenvalue weighted by molar-refractivity contribution is -0.141. The standard InChI is InChI=1S/2C13H15NO4S/c2*1-3-18-13(17)11(9(2)15)12(16)14-7-6-10-5-4-8-19-10/h2*4-8,15H,3H2,1-2H3,(H,14,16)/b2*7-6+,11-9+. The van der Waals surface area contributed by atoms with Crippen molar-refractivity contribution in [2.75, 3.05) is 13.2 Å². The molecule has 38 heavy (non-hydrogen) atoms. The molecule has 2 aromatic rings. The van der Waals surface area contributed by atoms with Crippen molar-refractivity contribution < 1.29 is 38.9 Å². The van der Waals surface area contributed by atoms with Gasteiger partial charge in [0.1, 0.15) is 11.5 Å². The van der Waals surface area contributed by atoms with Crippen molar-refractivity contribution in [1.82, 2.24) is 10.6 Å². The van der Waals surface area contributed by atoms with Crippen LogP contribution in [0.5, 0.6) is 0 Å². The van der Waals surface area contributed by atoms with Crippen LogP contribution in [0.2, 0.25) is 0 Å². The molecule has 0 radical (unpaired) electrons. The highest BCUT2D eigenvalue weighted by Gasteiger charge is 2.23. The molecule has 0 unspecified atom stereocenters. The summed E-state index contributed by atoms with van der Waals surface area (Å²) < 4.78 is 9.40. The number of rotatable bonds is 10. The Kier molecular flexibility index (Phi) is 14.5. The maximum atomic E-state index is 11.8. The van der Waals surface area contributed by atoms with E-state index in [1.165, 1.54) is 48.9 Å². The predicted molar refractivity (Wildman–Crippen MR) is 147 cm³/mol.